The molecule has 1 aromatic heterocycles. The quantitative estimate of drug-likeness (QED) is 0.411. The molecule has 6 heteroatoms. The molecule has 4 rings (SSSR count). The number of carbonyl (C=O) groups excluding carboxylic acids is 1. The number of nitrogens with one attached hydrogen (secondary N) is 1. The zero-order valence-electron chi connectivity index (χ0n) is 18.0. The zero-order valence-corrected chi connectivity index (χ0v) is 18.0. The Bertz CT molecular complexity index is 1220. The van der Waals surface area contributed by atoms with Gasteiger partial charge in [-0.05, 0) is 55.5 Å². The Morgan fingerprint density at radius 3 is 2.44 bits per heavy atom. The molecule has 0 bridgehead atoms. The van der Waals surface area contributed by atoms with Crippen LogP contribution < -0.4 is 19.5 Å². The van der Waals surface area contributed by atoms with Gasteiger partial charge < -0.3 is 19.5 Å². The van der Waals surface area contributed by atoms with Gasteiger partial charge in [0.15, 0.2) is 6.61 Å². The maximum absolute atomic E-state index is 12.6. The van der Waals surface area contributed by atoms with E-state index in [4.69, 9.17) is 19.2 Å². The summed E-state index contributed by atoms with van der Waals surface area (Å²) in [6.07, 6.45) is 0. The van der Waals surface area contributed by atoms with Crippen LogP contribution in [0, 0.1) is 0 Å². The molecule has 0 unspecified atom stereocenters. The predicted octanol–water partition coefficient (Wildman–Crippen LogP) is 5.33. The number of amides is 1. The number of hydrogen-bond acceptors (Lipinski definition) is 5. The number of carbonyl (C=O) groups is 1. The van der Waals surface area contributed by atoms with Crippen LogP contribution in [0.3, 0.4) is 0 Å². The van der Waals surface area contributed by atoms with E-state index >= 15 is 0 Å². The number of pyridine rings is 1. The minimum Gasteiger partial charge on any atom is -0.497 e. The van der Waals surface area contributed by atoms with E-state index < -0.39 is 0 Å². The Morgan fingerprint density at radius 2 is 1.66 bits per heavy atom. The van der Waals surface area contributed by atoms with Gasteiger partial charge in [0.25, 0.3) is 5.91 Å². The summed E-state index contributed by atoms with van der Waals surface area (Å²) < 4.78 is 16.7. The summed E-state index contributed by atoms with van der Waals surface area (Å²) in [7, 11) is 1.63. The van der Waals surface area contributed by atoms with E-state index in [9.17, 15) is 4.79 Å². The average molecular weight is 428 g/mol. The highest BCUT2D eigenvalue weighted by molar-refractivity contribution is 5.94. The molecule has 1 amide bonds. The number of anilines is 1. The number of ether oxygens (including phenoxy) is 3. The van der Waals surface area contributed by atoms with Crippen molar-refractivity contribution in [2.24, 2.45) is 0 Å². The normalized spacial score (nSPS) is 10.6. The second-order valence-corrected chi connectivity index (χ2v) is 7.02. The van der Waals surface area contributed by atoms with Crippen molar-refractivity contribution in [1.82, 2.24) is 4.98 Å². The number of nitrogens with zero attached hydrogens (tertiary/aromatic N) is 1. The van der Waals surface area contributed by atoms with Crippen molar-refractivity contribution in [3.05, 3.63) is 78.9 Å². The first-order chi connectivity index (χ1) is 15.7. The van der Waals surface area contributed by atoms with E-state index in [2.05, 4.69) is 5.32 Å². The van der Waals surface area contributed by atoms with Crippen molar-refractivity contribution in [3.8, 4) is 28.5 Å². The molecular formula is C26H24N2O4. The Labute approximate surface area is 186 Å². The third-order valence-electron chi connectivity index (χ3n) is 4.88. The Hall–Kier alpha value is -4.06. The van der Waals surface area contributed by atoms with Crippen LogP contribution in [0.4, 0.5) is 5.69 Å². The minimum atomic E-state index is -0.274. The molecule has 0 atom stereocenters. The lowest BCUT2D eigenvalue weighted by atomic mass is 10.1. The Balaban J connectivity index is 1.56. The highest BCUT2D eigenvalue weighted by Crippen LogP contribution is 2.31. The summed E-state index contributed by atoms with van der Waals surface area (Å²) in [5.41, 5.74) is 3.08. The lowest BCUT2D eigenvalue weighted by Crippen LogP contribution is -2.20. The van der Waals surface area contributed by atoms with Crippen molar-refractivity contribution in [2.75, 3.05) is 25.6 Å². The fourth-order valence-corrected chi connectivity index (χ4v) is 3.35. The largest absolute Gasteiger partial charge is 0.497 e. The van der Waals surface area contributed by atoms with Crippen molar-refractivity contribution in [1.29, 1.82) is 0 Å². The molecule has 4 aromatic rings. The van der Waals surface area contributed by atoms with Gasteiger partial charge in [0.2, 0.25) is 0 Å². The monoisotopic (exact) mass is 428 g/mol. The molecule has 1 heterocycles. The summed E-state index contributed by atoms with van der Waals surface area (Å²) in [5, 5.41) is 3.69. The third-order valence-corrected chi connectivity index (χ3v) is 4.88. The molecule has 0 saturated carbocycles. The molecular weight excluding hydrogens is 404 g/mol. The number of hydrogen-bond donors (Lipinski definition) is 1. The smallest absolute Gasteiger partial charge is 0.262 e. The van der Waals surface area contributed by atoms with Crippen LogP contribution in [0.2, 0.25) is 0 Å². The Kier molecular flexibility index (Phi) is 6.51. The van der Waals surface area contributed by atoms with E-state index in [1.54, 1.807) is 13.2 Å². The van der Waals surface area contributed by atoms with Crippen LogP contribution >= 0.6 is 0 Å². The highest BCUT2D eigenvalue weighted by atomic mass is 16.5. The standard InChI is InChI=1S/C26H24N2O4/c1-3-31-24-11-7-6-10-22(24)28-26(29)17-32-25-16-23(18-12-14-19(30-2)15-13-18)27-21-9-5-4-8-20(21)25/h4-16H,3,17H2,1-2H3,(H,28,29). The number of methoxy groups -OCH3 is 1. The predicted molar refractivity (Wildman–Crippen MR) is 125 cm³/mol. The summed E-state index contributed by atoms with van der Waals surface area (Å²) in [4.78, 5) is 17.3. The van der Waals surface area contributed by atoms with Gasteiger partial charge >= 0.3 is 0 Å². The molecule has 0 fully saturated rings. The van der Waals surface area contributed by atoms with Crippen LogP contribution in [-0.4, -0.2) is 31.2 Å². The van der Waals surface area contributed by atoms with Crippen LogP contribution in [0.15, 0.2) is 78.9 Å². The molecule has 162 valence electrons. The number of para-hydroxylation sites is 3. The van der Waals surface area contributed by atoms with Gasteiger partial charge in [-0.2, -0.15) is 0 Å². The maximum Gasteiger partial charge on any atom is 0.262 e. The number of rotatable bonds is 8. The molecule has 0 aliphatic heterocycles. The fraction of sp³-hybridized carbons (Fsp3) is 0.154. The molecule has 0 spiro atoms. The van der Waals surface area contributed by atoms with Crippen LogP contribution in [-0.2, 0) is 4.79 Å². The number of fused-ring (bicyclic) bond motifs is 1. The second-order valence-electron chi connectivity index (χ2n) is 7.02. The van der Waals surface area contributed by atoms with Gasteiger partial charge in [-0.15, -0.1) is 0 Å². The molecule has 3 aromatic carbocycles. The molecule has 6 nitrogen and oxygen atoms in total. The van der Waals surface area contributed by atoms with Gasteiger partial charge in [-0.3, -0.25) is 4.79 Å². The van der Waals surface area contributed by atoms with Crippen LogP contribution in [0.1, 0.15) is 6.92 Å². The SMILES string of the molecule is CCOc1ccccc1NC(=O)COc1cc(-c2ccc(OC)cc2)nc2ccccc12. The molecule has 1 N–H and O–H groups in total. The summed E-state index contributed by atoms with van der Waals surface area (Å²) in [6.45, 7) is 2.27. The topological polar surface area (TPSA) is 69.7 Å². The van der Waals surface area contributed by atoms with E-state index in [-0.39, 0.29) is 12.5 Å². The van der Waals surface area contributed by atoms with E-state index in [0.717, 1.165) is 27.9 Å². The van der Waals surface area contributed by atoms with Gasteiger partial charge in [0, 0.05) is 17.0 Å². The van der Waals surface area contributed by atoms with Crippen molar-refractivity contribution < 1.29 is 19.0 Å². The van der Waals surface area contributed by atoms with E-state index in [0.29, 0.717) is 23.8 Å². The van der Waals surface area contributed by atoms with Crippen LogP contribution in [0.5, 0.6) is 17.2 Å². The molecule has 32 heavy (non-hydrogen) atoms. The van der Waals surface area contributed by atoms with Gasteiger partial charge in [0.05, 0.1) is 30.6 Å². The highest BCUT2D eigenvalue weighted by Gasteiger charge is 2.12. The van der Waals surface area contributed by atoms with Gasteiger partial charge in [-0.1, -0.05) is 24.3 Å². The molecule has 0 saturated heterocycles. The summed E-state index contributed by atoms with van der Waals surface area (Å²) in [6, 6.07) is 24.5. The maximum atomic E-state index is 12.6. The molecule has 0 radical (unpaired) electrons. The lowest BCUT2D eigenvalue weighted by molar-refractivity contribution is -0.118. The van der Waals surface area contributed by atoms with Crippen molar-refractivity contribution in [2.45, 2.75) is 6.92 Å². The second kappa shape index (κ2) is 9.83. The molecule has 0 aliphatic rings. The van der Waals surface area contributed by atoms with Crippen molar-refractivity contribution in [3.63, 3.8) is 0 Å². The Morgan fingerprint density at radius 1 is 0.906 bits per heavy atom. The zero-order chi connectivity index (χ0) is 22.3. The minimum absolute atomic E-state index is 0.142. The lowest BCUT2D eigenvalue weighted by Gasteiger charge is -2.13. The van der Waals surface area contributed by atoms with Gasteiger partial charge in [0.1, 0.15) is 17.2 Å². The number of aromatic nitrogens is 1. The van der Waals surface area contributed by atoms with Gasteiger partial charge in [-0.25, -0.2) is 4.98 Å². The van der Waals surface area contributed by atoms with E-state index in [1.165, 1.54) is 0 Å². The van der Waals surface area contributed by atoms with Crippen molar-refractivity contribution >= 4 is 22.5 Å². The fourth-order valence-electron chi connectivity index (χ4n) is 3.35. The first-order valence-electron chi connectivity index (χ1n) is 10.4. The first-order valence-corrected chi connectivity index (χ1v) is 10.4. The van der Waals surface area contributed by atoms with Crippen LogP contribution in [0.25, 0.3) is 22.2 Å². The molecule has 0 aliphatic carbocycles. The first kappa shape index (κ1) is 21.2. The third kappa shape index (κ3) is 4.81. The summed E-state index contributed by atoms with van der Waals surface area (Å²) >= 11 is 0. The summed E-state index contributed by atoms with van der Waals surface area (Å²) in [5.74, 6) is 1.72. The van der Waals surface area contributed by atoms with E-state index in [1.807, 2.05) is 79.7 Å². The number of benzene rings is 3. The average Bonchev–Trinajstić information content (AvgIpc) is 2.84.